The lowest BCUT2D eigenvalue weighted by Gasteiger charge is -2.40. The van der Waals surface area contributed by atoms with Crippen LogP contribution in [0.4, 0.5) is 0 Å². The first-order valence-corrected chi connectivity index (χ1v) is 9.18. The molecule has 0 bridgehead atoms. The Kier molecular flexibility index (Phi) is 9.54. The van der Waals surface area contributed by atoms with E-state index in [1.54, 1.807) is 0 Å². The van der Waals surface area contributed by atoms with Gasteiger partial charge in [-0.25, -0.2) is 0 Å². The van der Waals surface area contributed by atoms with Gasteiger partial charge in [0.25, 0.3) is 0 Å². The van der Waals surface area contributed by atoms with Gasteiger partial charge in [0.15, 0.2) is 0 Å². The maximum atomic E-state index is 9.79. The molecule has 2 unspecified atom stereocenters. The molecule has 0 aliphatic carbocycles. The molecule has 0 spiro atoms. The van der Waals surface area contributed by atoms with E-state index in [4.69, 9.17) is 0 Å². The van der Waals surface area contributed by atoms with Gasteiger partial charge in [0.05, 0.1) is 20.1 Å². The van der Waals surface area contributed by atoms with Crippen molar-refractivity contribution in [1.29, 1.82) is 0 Å². The highest BCUT2D eigenvalue weighted by molar-refractivity contribution is 4.61. The molecule has 0 aromatic carbocycles. The smallest absolute Gasteiger partial charge is 0.105 e. The number of quaternary nitrogens is 1. The summed E-state index contributed by atoms with van der Waals surface area (Å²) in [5, 5.41) is 9.79. The molecule has 0 saturated carbocycles. The number of aliphatic hydroxyl groups excluding tert-OH is 1. The second kappa shape index (κ2) is 10.6. The Balaban J connectivity index is 1.89. The van der Waals surface area contributed by atoms with Gasteiger partial charge >= 0.3 is 0 Å². The summed E-state index contributed by atoms with van der Waals surface area (Å²) in [4.78, 5) is 0. The van der Waals surface area contributed by atoms with Crippen molar-refractivity contribution in [2.24, 2.45) is 0 Å². The molecule has 1 fully saturated rings. The summed E-state index contributed by atoms with van der Waals surface area (Å²) in [5.41, 5.74) is 0. The minimum absolute atomic E-state index is 0.0446. The first-order chi connectivity index (χ1) is 9.66. The van der Waals surface area contributed by atoms with Crippen molar-refractivity contribution in [3.05, 3.63) is 0 Å². The van der Waals surface area contributed by atoms with Crippen molar-refractivity contribution in [3.63, 3.8) is 0 Å². The third-order valence-corrected chi connectivity index (χ3v) is 4.94. The normalized spacial score (nSPS) is 26.9. The zero-order chi connectivity index (χ0) is 14.7. The van der Waals surface area contributed by atoms with Gasteiger partial charge in [-0.05, 0) is 25.7 Å². The van der Waals surface area contributed by atoms with Gasteiger partial charge in [-0.2, -0.15) is 0 Å². The van der Waals surface area contributed by atoms with Crippen LogP contribution in [0.25, 0.3) is 0 Å². The molecule has 1 N–H and O–H groups in total. The molecule has 2 atom stereocenters. The first kappa shape index (κ1) is 18.0. The highest BCUT2D eigenvalue weighted by atomic mass is 16.3. The van der Waals surface area contributed by atoms with Crippen LogP contribution in [0.5, 0.6) is 0 Å². The van der Waals surface area contributed by atoms with E-state index in [1.165, 1.54) is 83.7 Å². The highest BCUT2D eigenvalue weighted by Crippen LogP contribution is 2.18. The zero-order valence-electron chi connectivity index (χ0n) is 14.1. The van der Waals surface area contributed by atoms with Gasteiger partial charge in [0.1, 0.15) is 12.6 Å². The number of hydrogen-bond donors (Lipinski definition) is 1. The van der Waals surface area contributed by atoms with Crippen molar-refractivity contribution in [1.82, 2.24) is 0 Å². The van der Waals surface area contributed by atoms with Crippen LogP contribution in [0, 0.1) is 0 Å². The fraction of sp³-hybridized carbons (Fsp3) is 1.00. The van der Waals surface area contributed by atoms with E-state index < -0.39 is 0 Å². The summed E-state index contributed by atoms with van der Waals surface area (Å²) < 4.78 is 1.11. The van der Waals surface area contributed by atoms with E-state index in [1.807, 2.05) is 0 Å². The average Bonchev–Trinajstić information content (AvgIpc) is 2.40. The Morgan fingerprint density at radius 1 is 0.900 bits per heavy atom. The van der Waals surface area contributed by atoms with Crippen LogP contribution in [0.1, 0.15) is 84.0 Å². The molecule has 2 nitrogen and oxygen atoms in total. The van der Waals surface area contributed by atoms with Gasteiger partial charge < -0.3 is 9.59 Å². The second-order valence-electron chi connectivity index (χ2n) is 7.23. The summed E-state index contributed by atoms with van der Waals surface area (Å²) in [6.45, 7) is 5.81. The number of hydrogen-bond acceptors (Lipinski definition) is 1. The molecule has 0 aromatic rings. The lowest BCUT2D eigenvalue weighted by molar-refractivity contribution is -0.917. The summed E-state index contributed by atoms with van der Waals surface area (Å²) in [5.74, 6) is 0. The number of rotatable bonds is 11. The molecule has 2 heteroatoms. The van der Waals surface area contributed by atoms with E-state index >= 15 is 0 Å². The van der Waals surface area contributed by atoms with Crippen LogP contribution in [0.15, 0.2) is 0 Å². The van der Waals surface area contributed by atoms with E-state index in [0.29, 0.717) is 0 Å². The molecule has 20 heavy (non-hydrogen) atoms. The summed E-state index contributed by atoms with van der Waals surface area (Å²) in [6.07, 6.45) is 16.3. The zero-order valence-corrected chi connectivity index (χ0v) is 14.1. The van der Waals surface area contributed by atoms with Gasteiger partial charge in [-0.3, -0.25) is 0 Å². The quantitative estimate of drug-likeness (QED) is 0.437. The third kappa shape index (κ3) is 8.26. The Labute approximate surface area is 127 Å². The molecule has 1 rings (SSSR count). The van der Waals surface area contributed by atoms with Crippen LogP contribution in [0.3, 0.4) is 0 Å². The monoisotopic (exact) mass is 284 g/mol. The number of likely N-dealkylation sites (N-methyl/N-ethyl adjacent to an activating group) is 1. The number of aliphatic hydroxyl groups is 1. The van der Waals surface area contributed by atoms with E-state index in [9.17, 15) is 5.11 Å². The van der Waals surface area contributed by atoms with Crippen molar-refractivity contribution >= 4 is 0 Å². The van der Waals surface area contributed by atoms with Crippen molar-refractivity contribution in [2.45, 2.75) is 90.1 Å². The van der Waals surface area contributed by atoms with E-state index in [0.717, 1.165) is 17.4 Å². The van der Waals surface area contributed by atoms with Gasteiger partial charge in [-0.15, -0.1) is 0 Å². The van der Waals surface area contributed by atoms with Gasteiger partial charge in [-0.1, -0.05) is 58.3 Å². The van der Waals surface area contributed by atoms with Crippen LogP contribution in [-0.2, 0) is 0 Å². The summed E-state index contributed by atoms with van der Waals surface area (Å²) >= 11 is 0. The average molecular weight is 285 g/mol. The highest BCUT2D eigenvalue weighted by Gasteiger charge is 2.29. The molecule has 1 heterocycles. The molecule has 120 valence electrons. The second-order valence-corrected chi connectivity index (χ2v) is 7.23. The Bertz CT molecular complexity index is 231. The molecular formula is C18H38NO+. The summed E-state index contributed by atoms with van der Waals surface area (Å²) in [6, 6.07) is 0. The van der Waals surface area contributed by atoms with Crippen LogP contribution >= 0.6 is 0 Å². The molecular weight excluding hydrogens is 246 g/mol. The number of piperidine rings is 1. The molecule has 1 aliphatic heterocycles. The summed E-state index contributed by atoms with van der Waals surface area (Å²) in [7, 11) is 2.33. The van der Waals surface area contributed by atoms with E-state index in [-0.39, 0.29) is 6.10 Å². The molecule has 1 saturated heterocycles. The lowest BCUT2D eigenvalue weighted by Crippen LogP contribution is -2.53. The Morgan fingerprint density at radius 3 is 2.00 bits per heavy atom. The van der Waals surface area contributed by atoms with Crippen LogP contribution < -0.4 is 0 Å². The maximum absolute atomic E-state index is 9.79. The van der Waals surface area contributed by atoms with Gasteiger partial charge in [0, 0.05) is 0 Å². The number of nitrogens with zero attached hydrogens (tertiary/aromatic N) is 1. The number of likely N-dealkylation sites (tertiary alicyclic amines) is 1. The topological polar surface area (TPSA) is 20.2 Å². The molecule has 0 radical (unpaired) electrons. The van der Waals surface area contributed by atoms with Crippen molar-refractivity contribution < 1.29 is 9.59 Å². The van der Waals surface area contributed by atoms with Crippen molar-refractivity contribution in [3.8, 4) is 0 Å². The molecule has 1 aliphatic rings. The Hall–Kier alpha value is -0.0800. The fourth-order valence-electron chi connectivity index (χ4n) is 3.58. The van der Waals surface area contributed by atoms with Crippen LogP contribution in [-0.4, -0.2) is 42.4 Å². The third-order valence-electron chi connectivity index (χ3n) is 4.94. The maximum Gasteiger partial charge on any atom is 0.105 e. The standard InChI is InChI=1S/C18H38NO/c1-3-4-5-6-7-8-9-10-11-12-15-19(2)16-13-14-18(20)17-19/h18,20H,3-17H2,1-2H3/q+1. The first-order valence-electron chi connectivity index (χ1n) is 9.18. The largest absolute Gasteiger partial charge is 0.387 e. The SMILES string of the molecule is CCCCCCCCCCCC[N+]1(C)CCCC(O)C1. The predicted molar refractivity (Wildman–Crippen MR) is 87.9 cm³/mol. The van der Waals surface area contributed by atoms with Crippen LogP contribution in [0.2, 0.25) is 0 Å². The van der Waals surface area contributed by atoms with Gasteiger partial charge in [0.2, 0.25) is 0 Å². The minimum Gasteiger partial charge on any atom is -0.387 e. The van der Waals surface area contributed by atoms with E-state index in [2.05, 4.69) is 14.0 Å². The van der Waals surface area contributed by atoms with Crippen molar-refractivity contribution in [2.75, 3.05) is 26.7 Å². The fourth-order valence-corrected chi connectivity index (χ4v) is 3.58. The minimum atomic E-state index is -0.0446. The lowest BCUT2D eigenvalue weighted by atomic mass is 10.0. The predicted octanol–water partition coefficient (Wildman–Crippen LogP) is 4.51. The Morgan fingerprint density at radius 2 is 1.45 bits per heavy atom. The molecule has 0 aromatic heterocycles. The molecule has 0 amide bonds. The number of unbranched alkanes of at least 4 members (excludes halogenated alkanes) is 9.